The molecule has 0 saturated heterocycles. The van der Waals surface area contributed by atoms with Crippen LogP contribution in [0.5, 0.6) is 0 Å². The Kier molecular flexibility index (Phi) is 2.87. The molecule has 0 amide bonds. The molecule has 0 aliphatic heterocycles. The number of aromatic amines is 1. The minimum Gasteiger partial charge on any atom is -0.348 e. The number of nitrogens with zero attached hydrogens (tertiary/aromatic N) is 2. The summed E-state index contributed by atoms with van der Waals surface area (Å²) in [6.07, 6.45) is 3.85. The molecule has 3 nitrogen and oxygen atoms in total. The first-order valence-electron chi connectivity index (χ1n) is 4.21. The van der Waals surface area contributed by atoms with Gasteiger partial charge in [-0.05, 0) is 13.3 Å². The van der Waals surface area contributed by atoms with E-state index in [0.717, 1.165) is 24.4 Å². The van der Waals surface area contributed by atoms with Crippen molar-refractivity contribution in [1.29, 1.82) is 5.26 Å². The van der Waals surface area contributed by atoms with Gasteiger partial charge in [-0.3, -0.25) is 0 Å². The van der Waals surface area contributed by atoms with Gasteiger partial charge in [0.15, 0.2) is 0 Å². The van der Waals surface area contributed by atoms with Crippen LogP contribution in [-0.4, -0.2) is 9.97 Å². The summed E-state index contributed by atoms with van der Waals surface area (Å²) in [5.41, 5.74) is 0.848. The first kappa shape index (κ1) is 8.79. The van der Waals surface area contributed by atoms with Gasteiger partial charge in [0, 0.05) is 12.6 Å². The van der Waals surface area contributed by atoms with Gasteiger partial charge in [0.2, 0.25) is 0 Å². The van der Waals surface area contributed by atoms with E-state index in [2.05, 4.69) is 23.0 Å². The zero-order valence-electron chi connectivity index (χ0n) is 7.46. The van der Waals surface area contributed by atoms with E-state index in [4.69, 9.17) is 5.26 Å². The van der Waals surface area contributed by atoms with Crippen molar-refractivity contribution in [2.45, 2.75) is 32.6 Å². The van der Waals surface area contributed by atoms with Crippen LogP contribution in [0, 0.1) is 11.3 Å². The average molecular weight is 163 g/mol. The lowest BCUT2D eigenvalue weighted by Crippen LogP contribution is -1.90. The molecule has 1 aromatic rings. The summed E-state index contributed by atoms with van der Waals surface area (Å²) < 4.78 is 0. The predicted molar refractivity (Wildman–Crippen MR) is 46.6 cm³/mol. The van der Waals surface area contributed by atoms with Crippen molar-refractivity contribution < 1.29 is 0 Å². The van der Waals surface area contributed by atoms with Crippen molar-refractivity contribution in [2.24, 2.45) is 0 Å². The number of aryl methyl sites for hydroxylation is 1. The van der Waals surface area contributed by atoms with E-state index >= 15 is 0 Å². The molecule has 0 aliphatic carbocycles. The van der Waals surface area contributed by atoms with Crippen molar-refractivity contribution in [1.82, 2.24) is 9.97 Å². The Bertz CT molecular complexity index is 282. The van der Waals surface area contributed by atoms with Crippen LogP contribution in [0.3, 0.4) is 0 Å². The lowest BCUT2D eigenvalue weighted by atomic mass is 10.1. The summed E-state index contributed by atoms with van der Waals surface area (Å²) in [5.74, 6) is 0.876. The maximum atomic E-state index is 8.62. The van der Waals surface area contributed by atoms with Crippen molar-refractivity contribution in [2.75, 3.05) is 0 Å². The molecule has 0 aliphatic rings. The molecule has 0 radical (unpaired) electrons. The molecule has 3 heteroatoms. The fraction of sp³-hybridized carbons (Fsp3) is 0.556. The molecule has 1 unspecified atom stereocenters. The first-order chi connectivity index (χ1) is 5.77. The van der Waals surface area contributed by atoms with Crippen LogP contribution < -0.4 is 0 Å². The van der Waals surface area contributed by atoms with Gasteiger partial charge in [-0.25, -0.2) is 4.98 Å². The number of nitrogens with one attached hydrogen (secondary N) is 1. The molecule has 0 fully saturated rings. The highest BCUT2D eigenvalue weighted by Gasteiger charge is 2.07. The molecule has 0 aromatic carbocycles. The maximum absolute atomic E-state index is 8.62. The van der Waals surface area contributed by atoms with Crippen LogP contribution in [-0.2, 0) is 6.42 Å². The Morgan fingerprint density at radius 3 is 3.08 bits per heavy atom. The van der Waals surface area contributed by atoms with Gasteiger partial charge in [-0.2, -0.15) is 5.26 Å². The SMILES string of the molecule is CCCc1nc(C(C)C#N)c[nH]1. The molecule has 0 spiro atoms. The highest BCUT2D eigenvalue weighted by molar-refractivity contribution is 5.13. The van der Waals surface area contributed by atoms with E-state index in [1.807, 2.05) is 13.1 Å². The minimum absolute atomic E-state index is 0.105. The van der Waals surface area contributed by atoms with Crippen molar-refractivity contribution in [3.8, 4) is 6.07 Å². The third-order valence-electron chi connectivity index (χ3n) is 1.77. The summed E-state index contributed by atoms with van der Waals surface area (Å²) in [6.45, 7) is 3.96. The van der Waals surface area contributed by atoms with Gasteiger partial charge >= 0.3 is 0 Å². The zero-order valence-corrected chi connectivity index (χ0v) is 7.46. The van der Waals surface area contributed by atoms with Crippen LogP contribution >= 0.6 is 0 Å². The third-order valence-corrected chi connectivity index (χ3v) is 1.77. The zero-order chi connectivity index (χ0) is 8.97. The van der Waals surface area contributed by atoms with Crippen molar-refractivity contribution >= 4 is 0 Å². The second-order valence-corrected chi connectivity index (χ2v) is 2.87. The minimum atomic E-state index is -0.105. The molecular formula is C9H13N3. The highest BCUT2D eigenvalue weighted by atomic mass is 14.9. The van der Waals surface area contributed by atoms with E-state index in [9.17, 15) is 0 Å². The molecule has 12 heavy (non-hydrogen) atoms. The van der Waals surface area contributed by atoms with Gasteiger partial charge in [-0.15, -0.1) is 0 Å². The van der Waals surface area contributed by atoms with Gasteiger partial charge in [0.25, 0.3) is 0 Å². The monoisotopic (exact) mass is 163 g/mol. The summed E-state index contributed by atoms with van der Waals surface area (Å²) in [4.78, 5) is 7.35. The standard InChI is InChI=1S/C9H13N3/c1-3-4-9-11-6-8(12-9)7(2)5-10/h6-7H,3-4H2,1-2H3,(H,11,12). The lowest BCUT2D eigenvalue weighted by molar-refractivity contribution is 0.841. The van der Waals surface area contributed by atoms with Crippen LogP contribution in [0.4, 0.5) is 0 Å². The van der Waals surface area contributed by atoms with Gasteiger partial charge in [0.05, 0.1) is 17.7 Å². The van der Waals surface area contributed by atoms with Crippen molar-refractivity contribution in [3.63, 3.8) is 0 Å². The number of hydrogen-bond donors (Lipinski definition) is 1. The molecule has 1 rings (SSSR count). The molecular weight excluding hydrogens is 150 g/mol. The van der Waals surface area contributed by atoms with Gasteiger partial charge in [-0.1, -0.05) is 6.92 Å². The molecule has 0 saturated carbocycles. The van der Waals surface area contributed by atoms with Gasteiger partial charge < -0.3 is 4.98 Å². The smallest absolute Gasteiger partial charge is 0.106 e. The Morgan fingerprint density at radius 1 is 1.75 bits per heavy atom. The maximum Gasteiger partial charge on any atom is 0.106 e. The largest absolute Gasteiger partial charge is 0.348 e. The summed E-state index contributed by atoms with van der Waals surface area (Å²) in [5, 5.41) is 8.62. The fourth-order valence-electron chi connectivity index (χ4n) is 1.03. The predicted octanol–water partition coefficient (Wildman–Crippen LogP) is 1.99. The second kappa shape index (κ2) is 3.91. The molecule has 1 heterocycles. The topological polar surface area (TPSA) is 52.5 Å². The van der Waals surface area contributed by atoms with Crippen LogP contribution in [0.1, 0.15) is 37.7 Å². The molecule has 1 atom stereocenters. The Balaban J connectivity index is 2.71. The second-order valence-electron chi connectivity index (χ2n) is 2.87. The van der Waals surface area contributed by atoms with Crippen molar-refractivity contribution in [3.05, 3.63) is 17.7 Å². The number of H-pyrrole nitrogens is 1. The summed E-state index contributed by atoms with van der Waals surface area (Å²) >= 11 is 0. The van der Waals surface area contributed by atoms with E-state index in [-0.39, 0.29) is 5.92 Å². The lowest BCUT2D eigenvalue weighted by Gasteiger charge is -1.93. The average Bonchev–Trinajstić information content (AvgIpc) is 2.52. The fourth-order valence-corrected chi connectivity index (χ4v) is 1.03. The highest BCUT2D eigenvalue weighted by Crippen LogP contribution is 2.11. The molecule has 1 N–H and O–H groups in total. The van der Waals surface area contributed by atoms with Gasteiger partial charge in [0.1, 0.15) is 5.82 Å². The summed E-state index contributed by atoms with van der Waals surface area (Å²) in [6, 6.07) is 2.15. The van der Waals surface area contributed by atoms with Crippen LogP contribution in [0.15, 0.2) is 6.20 Å². The van der Waals surface area contributed by atoms with E-state index in [1.165, 1.54) is 0 Å². The molecule has 0 bridgehead atoms. The van der Waals surface area contributed by atoms with E-state index in [1.54, 1.807) is 0 Å². The first-order valence-corrected chi connectivity index (χ1v) is 4.21. The van der Waals surface area contributed by atoms with E-state index < -0.39 is 0 Å². The third kappa shape index (κ3) is 1.85. The molecule has 1 aromatic heterocycles. The number of hydrogen-bond acceptors (Lipinski definition) is 2. The Morgan fingerprint density at radius 2 is 2.50 bits per heavy atom. The Hall–Kier alpha value is -1.30. The van der Waals surface area contributed by atoms with E-state index in [0.29, 0.717) is 0 Å². The quantitative estimate of drug-likeness (QED) is 0.740. The number of aromatic nitrogens is 2. The number of nitriles is 1. The Labute approximate surface area is 72.4 Å². The van der Waals surface area contributed by atoms with Crippen LogP contribution in [0.25, 0.3) is 0 Å². The number of rotatable bonds is 3. The molecule has 64 valence electrons. The normalized spacial score (nSPS) is 12.4. The number of imidazole rings is 1. The van der Waals surface area contributed by atoms with Crippen LogP contribution in [0.2, 0.25) is 0 Å². The summed E-state index contributed by atoms with van der Waals surface area (Å²) in [7, 11) is 0.